The third kappa shape index (κ3) is 6.76. The van der Waals surface area contributed by atoms with Crippen molar-refractivity contribution >= 4 is 78.9 Å². The van der Waals surface area contributed by atoms with Crippen LogP contribution in [-0.2, 0) is 38.9 Å². The lowest BCUT2D eigenvalue weighted by atomic mass is 9.62. The molecular weight excluding hydrogens is 837 g/mol. The van der Waals surface area contributed by atoms with Crippen LogP contribution < -0.4 is 9.80 Å². The van der Waals surface area contributed by atoms with Gasteiger partial charge in [0.1, 0.15) is 0 Å². The minimum atomic E-state index is 0.0403. The first-order valence-corrected chi connectivity index (χ1v) is 26.1. The number of rotatable bonds is 2. The molecule has 0 fully saturated rings. The van der Waals surface area contributed by atoms with Crippen LogP contribution in [-0.4, -0.2) is 0 Å². The van der Waals surface area contributed by atoms with Crippen molar-refractivity contribution in [2.45, 2.75) is 172 Å². The van der Waals surface area contributed by atoms with Crippen LogP contribution in [0.1, 0.15) is 171 Å². The number of hydrogen-bond acceptors (Lipinski definition) is 4. The lowest BCUT2D eigenvalue weighted by Crippen LogP contribution is -2.35. The van der Waals surface area contributed by atoms with Gasteiger partial charge in [0.05, 0.1) is 27.6 Å². The number of thiophene rings is 1. The van der Waals surface area contributed by atoms with Gasteiger partial charge < -0.3 is 9.80 Å². The second kappa shape index (κ2) is 14.5. The van der Waals surface area contributed by atoms with Crippen molar-refractivity contribution in [1.29, 1.82) is 0 Å². The molecule has 0 amide bonds. The third-order valence-electron chi connectivity index (χ3n) is 17.4. The van der Waals surface area contributed by atoms with E-state index in [1.54, 1.807) is 0 Å². The highest BCUT2D eigenvalue weighted by Crippen LogP contribution is 2.58. The molecule has 6 aromatic carbocycles. The third-order valence-corrected chi connectivity index (χ3v) is 19.0. The number of nitrogens with zero attached hydrogens (tertiary/aromatic N) is 2. The molecule has 0 radical (unpaired) electrons. The van der Waals surface area contributed by atoms with E-state index in [0.717, 1.165) is 28.4 Å². The molecule has 0 unspecified atom stereocenters. The Balaban J connectivity index is 1.29. The Morgan fingerprint density at radius 3 is 1.56 bits per heavy atom. The van der Waals surface area contributed by atoms with Gasteiger partial charge >= 0.3 is 0 Å². The predicted molar refractivity (Wildman–Crippen MR) is 289 cm³/mol. The van der Waals surface area contributed by atoms with Gasteiger partial charge in [-0.25, -0.2) is 0 Å². The zero-order valence-corrected chi connectivity index (χ0v) is 43.6. The van der Waals surface area contributed by atoms with E-state index in [2.05, 4.69) is 197 Å². The zero-order valence-electron chi connectivity index (χ0n) is 41.9. The van der Waals surface area contributed by atoms with Crippen molar-refractivity contribution in [1.82, 2.24) is 0 Å². The molecular formula is C62H70N2S2. The highest BCUT2D eigenvalue weighted by atomic mass is 32.1. The fourth-order valence-electron chi connectivity index (χ4n) is 12.6. The molecule has 4 aliphatic rings. The van der Waals surface area contributed by atoms with Crippen LogP contribution in [0, 0.1) is 6.92 Å². The average molecular weight is 907 g/mol. The number of anilines is 6. The fraction of sp³-hybridized carbons (Fsp3) is 0.419. The van der Waals surface area contributed by atoms with Gasteiger partial charge in [-0.2, -0.15) is 0 Å². The molecule has 7 aromatic rings. The van der Waals surface area contributed by atoms with Crippen molar-refractivity contribution in [3.05, 3.63) is 146 Å². The zero-order chi connectivity index (χ0) is 46.7. The Morgan fingerprint density at radius 2 is 0.939 bits per heavy atom. The largest absolute Gasteiger partial charge is 0.309 e. The monoisotopic (exact) mass is 906 g/mol. The second-order valence-electron chi connectivity index (χ2n) is 24.9. The number of hydrogen-bond donors (Lipinski definition) is 1. The first-order chi connectivity index (χ1) is 31.0. The maximum Gasteiger partial charge on any atom is 0.0683 e. The minimum absolute atomic E-state index is 0.0403. The van der Waals surface area contributed by atoms with Crippen LogP contribution in [0.3, 0.4) is 0 Å². The van der Waals surface area contributed by atoms with Gasteiger partial charge in [-0.05, 0) is 188 Å². The summed E-state index contributed by atoms with van der Waals surface area (Å²) in [5.74, 6) is 0. The second-order valence-corrected chi connectivity index (χ2v) is 26.4. The first-order valence-electron chi connectivity index (χ1n) is 24.8. The number of thiol groups is 1. The van der Waals surface area contributed by atoms with Crippen LogP contribution in [0.5, 0.6) is 0 Å². The first kappa shape index (κ1) is 44.0. The van der Waals surface area contributed by atoms with E-state index in [4.69, 9.17) is 12.6 Å². The van der Waals surface area contributed by atoms with Crippen LogP contribution in [0.25, 0.3) is 20.9 Å². The summed E-state index contributed by atoms with van der Waals surface area (Å²) in [6, 6.07) is 38.7. The van der Waals surface area contributed by atoms with Crippen LogP contribution in [0.2, 0.25) is 0 Å². The van der Waals surface area contributed by atoms with Gasteiger partial charge in [0.2, 0.25) is 0 Å². The van der Waals surface area contributed by atoms with Crippen LogP contribution >= 0.6 is 24.0 Å². The molecule has 0 saturated carbocycles. The normalized spacial score (nSPS) is 20.5. The molecule has 340 valence electrons. The Morgan fingerprint density at radius 1 is 0.455 bits per heavy atom. The fourth-order valence-corrected chi connectivity index (χ4v) is 14.2. The van der Waals surface area contributed by atoms with Gasteiger partial charge in [0.25, 0.3) is 0 Å². The smallest absolute Gasteiger partial charge is 0.0683 e. The van der Waals surface area contributed by atoms with Crippen molar-refractivity contribution in [2.75, 3.05) is 9.80 Å². The van der Waals surface area contributed by atoms with Crippen LogP contribution in [0.15, 0.2) is 102 Å². The van der Waals surface area contributed by atoms with Crippen molar-refractivity contribution in [3.63, 3.8) is 0 Å². The Bertz CT molecular complexity index is 3170. The molecule has 4 heteroatoms. The lowest BCUT2D eigenvalue weighted by molar-refractivity contribution is 0.331. The number of aryl methyl sites for hydroxylation is 1. The highest BCUT2D eigenvalue weighted by molar-refractivity contribution is 7.80. The highest BCUT2D eigenvalue weighted by Gasteiger charge is 2.42. The molecule has 0 atom stereocenters. The summed E-state index contributed by atoms with van der Waals surface area (Å²) in [6.45, 7) is 31.9. The summed E-state index contributed by atoms with van der Waals surface area (Å²) in [4.78, 5) is 7.63. The van der Waals surface area contributed by atoms with E-state index in [9.17, 15) is 0 Å². The molecule has 1 aliphatic heterocycles. The predicted octanol–water partition coefficient (Wildman–Crippen LogP) is 18.5. The van der Waals surface area contributed by atoms with E-state index in [1.807, 2.05) is 11.3 Å². The van der Waals surface area contributed by atoms with Gasteiger partial charge in [-0.3, -0.25) is 0 Å². The molecule has 2 bridgehead atoms. The van der Waals surface area contributed by atoms with E-state index in [0.29, 0.717) is 0 Å². The SMILES string of the molecule is Cc1cc2c(S)c(c1)N(c1ccc3ccccc3c1)c1c(sc3cc4c(cc13)C(C)(C)CCC4(C)C)Cc1cc3c(cc1N2c1ccc2c(c1)C(C)(C)CCC2(C)C)C(C)(C)CCC3(C)C. The van der Waals surface area contributed by atoms with Gasteiger partial charge in [0, 0.05) is 32.8 Å². The topological polar surface area (TPSA) is 6.48 Å². The maximum atomic E-state index is 5.81. The molecule has 0 spiro atoms. The molecule has 0 N–H and O–H groups in total. The van der Waals surface area contributed by atoms with Crippen LogP contribution in [0.4, 0.5) is 34.1 Å². The van der Waals surface area contributed by atoms with E-state index >= 15 is 0 Å². The maximum absolute atomic E-state index is 5.81. The van der Waals surface area contributed by atoms with Gasteiger partial charge in [-0.15, -0.1) is 24.0 Å². The quantitative estimate of drug-likeness (QED) is 0.173. The number of fused-ring (bicyclic) bond motifs is 10. The summed E-state index contributed by atoms with van der Waals surface area (Å²) in [5.41, 5.74) is 19.2. The summed E-state index contributed by atoms with van der Waals surface area (Å²) in [5, 5.41) is 3.84. The minimum Gasteiger partial charge on any atom is -0.309 e. The van der Waals surface area contributed by atoms with Crippen molar-refractivity contribution < 1.29 is 0 Å². The molecule has 0 saturated heterocycles. The van der Waals surface area contributed by atoms with Crippen molar-refractivity contribution in [2.24, 2.45) is 0 Å². The summed E-state index contributed by atoms with van der Waals surface area (Å²) >= 11 is 7.83. The van der Waals surface area contributed by atoms with Gasteiger partial charge in [0.15, 0.2) is 0 Å². The molecule has 2 heterocycles. The van der Waals surface area contributed by atoms with Gasteiger partial charge in [-0.1, -0.05) is 126 Å². The molecule has 11 rings (SSSR count). The Labute approximate surface area is 405 Å². The average Bonchev–Trinajstić information content (AvgIpc) is 3.60. The number of benzene rings is 6. The summed E-state index contributed by atoms with van der Waals surface area (Å²) in [7, 11) is 0. The summed E-state index contributed by atoms with van der Waals surface area (Å²) < 4.78 is 1.38. The molecule has 2 nitrogen and oxygen atoms in total. The molecule has 3 aliphatic carbocycles. The van der Waals surface area contributed by atoms with E-state index < -0.39 is 0 Å². The summed E-state index contributed by atoms with van der Waals surface area (Å²) in [6.07, 6.45) is 7.90. The lowest BCUT2D eigenvalue weighted by Gasteiger charge is -2.44. The van der Waals surface area contributed by atoms with E-state index in [1.165, 1.54) is 126 Å². The standard InChI is InChI=1S/C62H70N2S2/c1-37-28-51-56(65)52(29-37)64(41-19-18-38-16-14-15-17-39(38)30-41)55-43-34-47-49(62(12,13)27-25-60(47,8)9)36-53(43)66-54(55)32-40-31-45-48(61(10,11)26-24-58(45,4)5)35-50(40)63(51)42-20-21-44-46(33-42)59(6,7)23-22-57(44,2)3/h14-21,28-31,33-36,65H,22-27,32H2,1-13H3. The molecule has 1 aromatic heterocycles. The Kier molecular flexibility index (Phi) is 9.67. The molecule has 66 heavy (non-hydrogen) atoms. The van der Waals surface area contributed by atoms with E-state index in [-0.39, 0.29) is 32.5 Å². The Hall–Kier alpha value is -4.51. The van der Waals surface area contributed by atoms with Crippen molar-refractivity contribution in [3.8, 4) is 0 Å².